The van der Waals surface area contributed by atoms with Gasteiger partial charge in [-0.15, -0.1) is 0 Å². The molecule has 1 aromatic heterocycles. The highest BCUT2D eigenvalue weighted by Crippen LogP contribution is 2.37. The number of amides is 1. The van der Waals surface area contributed by atoms with Crippen LogP contribution in [0, 0.1) is 11.6 Å². The molecule has 1 aromatic carbocycles. The van der Waals surface area contributed by atoms with Crippen LogP contribution in [0.2, 0.25) is 0 Å². The predicted octanol–water partition coefficient (Wildman–Crippen LogP) is 1.30. The molecular formula is C13H10F2N4O. The van der Waals surface area contributed by atoms with Crippen LogP contribution in [-0.4, -0.2) is 15.9 Å². The molecule has 0 bridgehead atoms. The second-order valence-corrected chi connectivity index (χ2v) is 4.47. The van der Waals surface area contributed by atoms with Crippen molar-refractivity contribution in [1.29, 1.82) is 0 Å². The van der Waals surface area contributed by atoms with E-state index in [0.717, 1.165) is 12.1 Å². The van der Waals surface area contributed by atoms with Gasteiger partial charge in [0, 0.05) is 29.6 Å². The molecule has 2 aromatic rings. The molecule has 0 saturated carbocycles. The number of rotatable bonds is 2. The van der Waals surface area contributed by atoms with Crippen LogP contribution in [-0.2, 0) is 11.3 Å². The Morgan fingerprint density at radius 1 is 1.25 bits per heavy atom. The molecule has 1 amide bonds. The third kappa shape index (κ3) is 1.92. The minimum atomic E-state index is -1.12. The van der Waals surface area contributed by atoms with Crippen LogP contribution in [0.25, 0.3) is 0 Å². The molecule has 1 aliphatic heterocycles. The number of nitrogens with zero attached hydrogens (tertiary/aromatic N) is 3. The molecule has 2 heterocycles. The van der Waals surface area contributed by atoms with Crippen LogP contribution >= 0.6 is 0 Å². The van der Waals surface area contributed by atoms with E-state index in [1.54, 1.807) is 0 Å². The minimum absolute atomic E-state index is 0.0215. The summed E-state index contributed by atoms with van der Waals surface area (Å²) in [6.07, 6.45) is 4.41. The molecular weight excluding hydrogens is 266 g/mol. The van der Waals surface area contributed by atoms with Crippen LogP contribution in [0.3, 0.4) is 0 Å². The Morgan fingerprint density at radius 3 is 2.65 bits per heavy atom. The summed E-state index contributed by atoms with van der Waals surface area (Å²) in [5.74, 6) is -2.04. The highest BCUT2D eigenvalue weighted by Gasteiger charge is 2.37. The number of hydrogen-bond acceptors (Lipinski definition) is 4. The average Bonchev–Trinajstić information content (AvgIpc) is 2.65. The van der Waals surface area contributed by atoms with E-state index in [9.17, 15) is 13.6 Å². The van der Waals surface area contributed by atoms with Gasteiger partial charge in [0.15, 0.2) is 0 Å². The van der Waals surface area contributed by atoms with Crippen LogP contribution in [0.4, 0.5) is 14.5 Å². The second-order valence-electron chi connectivity index (χ2n) is 4.47. The fourth-order valence-electron chi connectivity index (χ4n) is 2.27. The van der Waals surface area contributed by atoms with Crippen molar-refractivity contribution in [1.82, 2.24) is 9.97 Å². The number of benzene rings is 1. The van der Waals surface area contributed by atoms with E-state index < -0.39 is 23.6 Å². The molecule has 1 unspecified atom stereocenters. The van der Waals surface area contributed by atoms with Gasteiger partial charge in [-0.1, -0.05) is 0 Å². The standard InChI is InChI=1S/C13H10F2N4O/c14-8-1-9(15)11-10(2-8)19(13(20)12(11)16)5-7-3-17-6-18-4-7/h1-4,6,12H,5,16H2. The molecule has 5 nitrogen and oxygen atoms in total. The summed E-state index contributed by atoms with van der Waals surface area (Å²) in [5, 5.41) is 0. The molecule has 0 aliphatic carbocycles. The smallest absolute Gasteiger partial charge is 0.249 e. The van der Waals surface area contributed by atoms with E-state index in [2.05, 4.69) is 9.97 Å². The van der Waals surface area contributed by atoms with Crippen molar-refractivity contribution in [2.75, 3.05) is 4.90 Å². The highest BCUT2D eigenvalue weighted by atomic mass is 19.1. The maximum atomic E-state index is 13.8. The molecule has 20 heavy (non-hydrogen) atoms. The Balaban J connectivity index is 2.04. The first-order valence-corrected chi connectivity index (χ1v) is 5.87. The van der Waals surface area contributed by atoms with Crippen molar-refractivity contribution in [2.24, 2.45) is 5.73 Å². The first kappa shape index (κ1) is 12.6. The predicted molar refractivity (Wildman–Crippen MR) is 66.5 cm³/mol. The van der Waals surface area contributed by atoms with Crippen molar-refractivity contribution >= 4 is 11.6 Å². The SMILES string of the molecule is NC1C(=O)N(Cc2cncnc2)c2cc(F)cc(F)c21. The van der Waals surface area contributed by atoms with Crippen LogP contribution < -0.4 is 10.6 Å². The number of halogens is 2. The van der Waals surface area contributed by atoms with Crippen molar-refractivity contribution in [3.05, 3.63) is 53.6 Å². The van der Waals surface area contributed by atoms with Crippen molar-refractivity contribution in [3.63, 3.8) is 0 Å². The molecule has 102 valence electrons. The average molecular weight is 276 g/mol. The highest BCUT2D eigenvalue weighted by molar-refractivity contribution is 6.04. The zero-order valence-electron chi connectivity index (χ0n) is 10.3. The van der Waals surface area contributed by atoms with Crippen LogP contribution in [0.5, 0.6) is 0 Å². The number of carbonyl (C=O) groups excluding carboxylic acids is 1. The van der Waals surface area contributed by atoms with E-state index in [4.69, 9.17) is 5.73 Å². The maximum absolute atomic E-state index is 13.8. The summed E-state index contributed by atoms with van der Waals surface area (Å²) in [5.41, 5.74) is 6.52. The first-order chi connectivity index (χ1) is 9.58. The van der Waals surface area contributed by atoms with Gasteiger partial charge in [-0.3, -0.25) is 4.79 Å². The lowest BCUT2D eigenvalue weighted by atomic mass is 10.1. The zero-order chi connectivity index (χ0) is 14.3. The summed E-state index contributed by atoms with van der Waals surface area (Å²) < 4.78 is 27.1. The molecule has 0 fully saturated rings. The summed E-state index contributed by atoms with van der Waals surface area (Å²) in [6.45, 7) is 0.114. The summed E-state index contributed by atoms with van der Waals surface area (Å²) >= 11 is 0. The van der Waals surface area contributed by atoms with E-state index in [1.165, 1.54) is 23.6 Å². The monoisotopic (exact) mass is 276 g/mol. The lowest BCUT2D eigenvalue weighted by molar-refractivity contribution is -0.119. The summed E-state index contributed by atoms with van der Waals surface area (Å²) in [4.78, 5) is 21.0. The fraction of sp³-hybridized carbons (Fsp3) is 0.154. The van der Waals surface area contributed by atoms with Gasteiger partial charge in [-0.2, -0.15) is 0 Å². The van der Waals surface area contributed by atoms with Gasteiger partial charge < -0.3 is 10.6 Å². The minimum Gasteiger partial charge on any atom is -0.316 e. The Bertz CT molecular complexity index is 678. The molecule has 0 radical (unpaired) electrons. The van der Waals surface area contributed by atoms with E-state index >= 15 is 0 Å². The Kier molecular flexibility index (Phi) is 2.90. The van der Waals surface area contributed by atoms with Crippen LogP contribution in [0.15, 0.2) is 30.9 Å². The van der Waals surface area contributed by atoms with Crippen LogP contribution in [0.1, 0.15) is 17.2 Å². The van der Waals surface area contributed by atoms with Gasteiger partial charge in [0.1, 0.15) is 24.0 Å². The largest absolute Gasteiger partial charge is 0.316 e. The number of carbonyl (C=O) groups is 1. The molecule has 0 saturated heterocycles. The van der Waals surface area contributed by atoms with E-state index in [1.807, 2.05) is 0 Å². The van der Waals surface area contributed by atoms with Gasteiger partial charge >= 0.3 is 0 Å². The lowest BCUT2D eigenvalue weighted by Crippen LogP contribution is -2.31. The van der Waals surface area contributed by atoms with Crippen molar-refractivity contribution in [2.45, 2.75) is 12.6 Å². The van der Waals surface area contributed by atoms with Gasteiger partial charge in [-0.25, -0.2) is 18.7 Å². The second kappa shape index (κ2) is 4.61. The normalized spacial score (nSPS) is 17.4. The Hall–Kier alpha value is -2.41. The third-order valence-corrected chi connectivity index (χ3v) is 3.16. The van der Waals surface area contributed by atoms with E-state index in [0.29, 0.717) is 5.56 Å². The molecule has 7 heteroatoms. The van der Waals surface area contributed by atoms with Crippen molar-refractivity contribution in [3.8, 4) is 0 Å². The number of fused-ring (bicyclic) bond motifs is 1. The molecule has 1 aliphatic rings. The molecule has 2 N–H and O–H groups in total. The molecule has 3 rings (SSSR count). The third-order valence-electron chi connectivity index (χ3n) is 3.16. The number of hydrogen-bond donors (Lipinski definition) is 1. The van der Waals surface area contributed by atoms with E-state index in [-0.39, 0.29) is 17.8 Å². The van der Waals surface area contributed by atoms with Gasteiger partial charge in [-0.05, 0) is 6.07 Å². The summed E-state index contributed by atoms with van der Waals surface area (Å²) in [7, 11) is 0. The molecule has 1 atom stereocenters. The number of nitrogens with two attached hydrogens (primary N) is 1. The van der Waals surface area contributed by atoms with Crippen molar-refractivity contribution < 1.29 is 13.6 Å². The zero-order valence-corrected chi connectivity index (χ0v) is 10.3. The quantitative estimate of drug-likeness (QED) is 0.897. The number of anilines is 1. The first-order valence-electron chi connectivity index (χ1n) is 5.87. The van der Waals surface area contributed by atoms with Gasteiger partial charge in [0.05, 0.1) is 12.2 Å². The molecule has 0 spiro atoms. The fourth-order valence-corrected chi connectivity index (χ4v) is 2.27. The van der Waals surface area contributed by atoms with Gasteiger partial charge in [0.25, 0.3) is 0 Å². The maximum Gasteiger partial charge on any atom is 0.249 e. The van der Waals surface area contributed by atoms with Gasteiger partial charge in [0.2, 0.25) is 5.91 Å². The Labute approximate surface area is 113 Å². The summed E-state index contributed by atoms with van der Waals surface area (Å²) in [6, 6.07) is 0.712. The topological polar surface area (TPSA) is 72.1 Å². The Morgan fingerprint density at radius 2 is 1.95 bits per heavy atom. The lowest BCUT2D eigenvalue weighted by Gasteiger charge is -2.17. The number of aromatic nitrogens is 2.